The first-order chi connectivity index (χ1) is 14.0. The molecule has 6 atom stereocenters. The second kappa shape index (κ2) is 8.76. The molecule has 2 fully saturated rings. The van der Waals surface area contributed by atoms with E-state index in [0.29, 0.717) is 18.3 Å². The van der Waals surface area contributed by atoms with Gasteiger partial charge in [-0.25, -0.2) is 0 Å². The Morgan fingerprint density at radius 3 is 2.17 bits per heavy atom. The molecule has 0 saturated heterocycles. The first-order valence-electron chi connectivity index (χ1n) is 11.3. The molecule has 6 unspecified atom stereocenters. The average molecular weight is 414 g/mol. The van der Waals surface area contributed by atoms with Crippen LogP contribution in [0.3, 0.4) is 0 Å². The Bertz CT molecular complexity index is 717. The van der Waals surface area contributed by atoms with Crippen molar-refractivity contribution < 1.29 is 14.9 Å². The fraction of sp³-hybridized carbons (Fsp3) is 0.615. The van der Waals surface area contributed by atoms with Crippen LogP contribution in [-0.4, -0.2) is 33.6 Å². The molecule has 2 aliphatic carbocycles. The van der Waals surface area contributed by atoms with Crippen LogP contribution >= 0.6 is 0 Å². The van der Waals surface area contributed by atoms with Crippen LogP contribution in [0.25, 0.3) is 0 Å². The van der Waals surface area contributed by atoms with Crippen LogP contribution in [0, 0.1) is 11.8 Å². The largest absolute Gasteiger partial charge is 0.485 e. The Morgan fingerprint density at radius 1 is 0.967 bits per heavy atom. The maximum atomic E-state index is 11.0. The topological polar surface area (TPSA) is 61.7 Å². The lowest BCUT2D eigenvalue weighted by Gasteiger charge is -2.43. The van der Waals surface area contributed by atoms with Gasteiger partial charge in [0.25, 0.3) is 0 Å². The molecule has 3 N–H and O–H groups in total. The van der Waals surface area contributed by atoms with Gasteiger partial charge in [0.15, 0.2) is 0 Å². The molecule has 1 aromatic rings. The molecular weight excluding hydrogens is 374 g/mol. The predicted molar refractivity (Wildman–Crippen MR) is 124 cm³/mol. The lowest BCUT2D eigenvalue weighted by molar-refractivity contribution is -0.0825. The number of hydrogen-bond acceptors (Lipinski definition) is 4. The van der Waals surface area contributed by atoms with E-state index in [1.807, 2.05) is 38.1 Å². The maximum absolute atomic E-state index is 11.0. The molecular formula is C26H39NO3. The van der Waals surface area contributed by atoms with Gasteiger partial charge in [-0.3, -0.25) is 0 Å². The summed E-state index contributed by atoms with van der Waals surface area (Å²) in [5.74, 6) is 1.50. The van der Waals surface area contributed by atoms with Gasteiger partial charge in [-0.2, -0.15) is 0 Å². The summed E-state index contributed by atoms with van der Waals surface area (Å²) in [4.78, 5) is 0. The molecule has 0 aliphatic heterocycles. The summed E-state index contributed by atoms with van der Waals surface area (Å²) in [6.07, 6.45) is 4.64. The lowest BCUT2D eigenvalue weighted by atomic mass is 9.74. The standard InChI is InChI=1S/C26H39NO3/c1-17(2)19-11-13-25(5,28)23(15-19)27-21-9-7-8-10-22(21)30-24-16-20(18(3)4)12-14-26(24,6)29/h7-10,19-20,23-24,27-29H,1,3,11-16H2,2,4-6H3. The van der Waals surface area contributed by atoms with Crippen LogP contribution in [-0.2, 0) is 0 Å². The zero-order valence-corrected chi connectivity index (χ0v) is 19.1. The molecule has 4 heteroatoms. The quantitative estimate of drug-likeness (QED) is 0.541. The molecule has 2 aliphatic rings. The minimum atomic E-state index is -0.875. The van der Waals surface area contributed by atoms with Gasteiger partial charge in [0.2, 0.25) is 0 Å². The van der Waals surface area contributed by atoms with Crippen molar-refractivity contribution >= 4 is 5.69 Å². The summed E-state index contributed by atoms with van der Waals surface area (Å²) in [5, 5.41) is 25.5. The van der Waals surface area contributed by atoms with Gasteiger partial charge < -0.3 is 20.3 Å². The van der Waals surface area contributed by atoms with Crippen molar-refractivity contribution in [2.24, 2.45) is 11.8 Å². The highest BCUT2D eigenvalue weighted by Crippen LogP contribution is 2.41. The molecule has 0 bridgehead atoms. The number of para-hydroxylation sites is 2. The number of anilines is 1. The van der Waals surface area contributed by atoms with Crippen molar-refractivity contribution in [2.45, 2.75) is 89.6 Å². The molecule has 1 aromatic carbocycles. The number of ether oxygens (including phenoxy) is 1. The summed E-state index contributed by atoms with van der Waals surface area (Å²) in [6, 6.07) is 7.76. The van der Waals surface area contributed by atoms with E-state index in [-0.39, 0.29) is 12.1 Å². The normalized spacial score (nSPS) is 36.7. The fourth-order valence-electron chi connectivity index (χ4n) is 4.87. The predicted octanol–water partition coefficient (Wildman–Crippen LogP) is 5.47. The molecule has 0 amide bonds. The van der Waals surface area contributed by atoms with E-state index in [1.165, 1.54) is 5.57 Å². The van der Waals surface area contributed by atoms with Crippen molar-refractivity contribution in [1.82, 2.24) is 0 Å². The fourth-order valence-corrected chi connectivity index (χ4v) is 4.87. The summed E-state index contributed by atoms with van der Waals surface area (Å²) >= 11 is 0. The maximum Gasteiger partial charge on any atom is 0.142 e. The summed E-state index contributed by atoms with van der Waals surface area (Å²) in [7, 11) is 0. The third-order valence-electron chi connectivity index (χ3n) is 7.34. The molecule has 0 radical (unpaired) electrons. The van der Waals surface area contributed by atoms with Crippen molar-refractivity contribution in [1.29, 1.82) is 0 Å². The van der Waals surface area contributed by atoms with Gasteiger partial charge in [0.05, 0.1) is 22.9 Å². The number of hydrogen-bond donors (Lipinski definition) is 3. The Kier molecular flexibility index (Phi) is 6.69. The Labute approximate surface area is 182 Å². The summed E-state index contributed by atoms with van der Waals surface area (Å²) < 4.78 is 6.41. The monoisotopic (exact) mass is 413 g/mol. The minimum Gasteiger partial charge on any atom is -0.485 e. The average Bonchev–Trinajstić information content (AvgIpc) is 2.65. The SMILES string of the molecule is C=C(C)C1CCC(C)(O)C(Nc2ccccc2OC2CC(C(=C)C)CCC2(C)O)C1. The van der Waals surface area contributed by atoms with Gasteiger partial charge in [-0.1, -0.05) is 36.4 Å². The molecule has 2 saturated carbocycles. The zero-order chi connectivity index (χ0) is 22.1. The molecule has 0 aromatic heterocycles. The van der Waals surface area contributed by atoms with E-state index in [9.17, 15) is 10.2 Å². The van der Waals surface area contributed by atoms with Crippen LogP contribution in [0.15, 0.2) is 48.6 Å². The highest BCUT2D eigenvalue weighted by Gasteiger charge is 2.41. The van der Waals surface area contributed by atoms with Crippen molar-refractivity contribution in [3.8, 4) is 5.75 Å². The van der Waals surface area contributed by atoms with Crippen LogP contribution in [0.4, 0.5) is 5.69 Å². The number of rotatable bonds is 6. The van der Waals surface area contributed by atoms with Crippen molar-refractivity contribution in [2.75, 3.05) is 5.32 Å². The van der Waals surface area contributed by atoms with E-state index >= 15 is 0 Å². The van der Waals surface area contributed by atoms with Crippen LogP contribution in [0.2, 0.25) is 0 Å². The van der Waals surface area contributed by atoms with Crippen molar-refractivity contribution in [3.63, 3.8) is 0 Å². The third kappa shape index (κ3) is 5.09. The van der Waals surface area contributed by atoms with Gasteiger partial charge in [-0.15, -0.1) is 0 Å². The van der Waals surface area contributed by atoms with E-state index < -0.39 is 11.2 Å². The molecule has 3 rings (SSSR count). The first-order valence-corrected chi connectivity index (χ1v) is 11.3. The first kappa shape index (κ1) is 22.9. The lowest BCUT2D eigenvalue weighted by Crippen LogP contribution is -2.49. The van der Waals surface area contributed by atoms with E-state index in [1.54, 1.807) is 0 Å². The summed E-state index contributed by atoms with van der Waals surface area (Å²) in [5.41, 5.74) is 1.51. The number of allylic oxidation sites excluding steroid dienone is 2. The second-order valence-corrected chi connectivity index (χ2v) is 10.1. The molecule has 30 heavy (non-hydrogen) atoms. The highest BCUT2D eigenvalue weighted by molar-refractivity contribution is 5.57. The molecule has 166 valence electrons. The number of aliphatic hydroxyl groups is 2. The minimum absolute atomic E-state index is 0.0901. The van der Waals surface area contributed by atoms with Gasteiger partial charge in [0.1, 0.15) is 11.9 Å². The smallest absolute Gasteiger partial charge is 0.142 e. The third-order valence-corrected chi connectivity index (χ3v) is 7.34. The van der Waals surface area contributed by atoms with E-state index in [2.05, 4.69) is 32.3 Å². The molecule has 0 spiro atoms. The van der Waals surface area contributed by atoms with E-state index in [4.69, 9.17) is 4.74 Å². The Morgan fingerprint density at radius 2 is 1.53 bits per heavy atom. The van der Waals surface area contributed by atoms with Crippen LogP contribution < -0.4 is 10.1 Å². The Hall–Kier alpha value is -1.78. The molecule has 4 nitrogen and oxygen atoms in total. The zero-order valence-electron chi connectivity index (χ0n) is 19.1. The van der Waals surface area contributed by atoms with Gasteiger partial charge in [-0.05, 0) is 90.2 Å². The van der Waals surface area contributed by atoms with Crippen molar-refractivity contribution in [3.05, 3.63) is 48.6 Å². The van der Waals surface area contributed by atoms with Crippen LogP contribution in [0.5, 0.6) is 5.75 Å². The number of benzene rings is 1. The Balaban J connectivity index is 1.80. The van der Waals surface area contributed by atoms with Gasteiger partial charge >= 0.3 is 0 Å². The number of nitrogens with one attached hydrogen (secondary N) is 1. The van der Waals surface area contributed by atoms with Crippen LogP contribution in [0.1, 0.15) is 66.2 Å². The van der Waals surface area contributed by atoms with E-state index in [0.717, 1.165) is 49.1 Å². The molecule has 0 heterocycles. The second-order valence-electron chi connectivity index (χ2n) is 10.1. The van der Waals surface area contributed by atoms with Gasteiger partial charge in [0, 0.05) is 0 Å². The summed E-state index contributed by atoms with van der Waals surface area (Å²) in [6.45, 7) is 16.1. The highest BCUT2D eigenvalue weighted by atomic mass is 16.5.